The summed E-state index contributed by atoms with van der Waals surface area (Å²) in [5.74, 6) is 0. The predicted octanol–water partition coefficient (Wildman–Crippen LogP) is 16.4. The van der Waals surface area contributed by atoms with Crippen LogP contribution in [0.1, 0.15) is 48.6 Å². The van der Waals surface area contributed by atoms with Crippen molar-refractivity contribution in [2.24, 2.45) is 0 Å². The molecule has 0 aliphatic heterocycles. The summed E-state index contributed by atoms with van der Waals surface area (Å²) in [6.07, 6.45) is 0. The van der Waals surface area contributed by atoms with E-state index in [4.69, 9.17) is 0 Å². The van der Waals surface area contributed by atoms with Crippen LogP contribution in [-0.4, -0.2) is 0 Å². The summed E-state index contributed by atoms with van der Waals surface area (Å²) in [5, 5.41) is 5.09. The SMILES string of the molecule is CC1(C)c2ccccc2-c2ccc(N(c3ccc(-c4cc5ccccc5c5ccccc45)cc3)c3ccc4c(c3)C(C)(c3ccccc3)c3cccc(-c5ccccc5)c3-4)cc21. The van der Waals surface area contributed by atoms with Crippen LogP contribution in [0.2, 0.25) is 0 Å². The highest BCUT2D eigenvalue weighted by Gasteiger charge is 2.42. The van der Waals surface area contributed by atoms with Crippen LogP contribution in [0.5, 0.6) is 0 Å². The van der Waals surface area contributed by atoms with E-state index in [2.05, 4.69) is 244 Å². The molecule has 0 spiro atoms. The van der Waals surface area contributed by atoms with Crippen LogP contribution in [0.3, 0.4) is 0 Å². The first-order valence-corrected chi connectivity index (χ1v) is 21.8. The molecule has 0 radical (unpaired) electrons. The molecule has 62 heavy (non-hydrogen) atoms. The van der Waals surface area contributed by atoms with Gasteiger partial charge in [-0.05, 0) is 143 Å². The highest BCUT2D eigenvalue weighted by atomic mass is 15.1. The Hall–Kier alpha value is -7.48. The van der Waals surface area contributed by atoms with Crippen LogP contribution in [0.25, 0.3) is 66.1 Å². The van der Waals surface area contributed by atoms with Gasteiger partial charge in [0.25, 0.3) is 0 Å². The number of benzene rings is 10. The van der Waals surface area contributed by atoms with E-state index < -0.39 is 0 Å². The van der Waals surface area contributed by atoms with Crippen LogP contribution in [0.15, 0.2) is 218 Å². The molecule has 0 amide bonds. The maximum atomic E-state index is 2.48. The summed E-state index contributed by atoms with van der Waals surface area (Å²) >= 11 is 0. The van der Waals surface area contributed by atoms with Crippen LogP contribution >= 0.6 is 0 Å². The zero-order chi connectivity index (χ0) is 41.6. The molecular weight excluding hydrogens is 747 g/mol. The topological polar surface area (TPSA) is 3.24 Å². The molecule has 0 N–H and O–H groups in total. The quantitative estimate of drug-likeness (QED) is 0.152. The van der Waals surface area contributed by atoms with Crippen molar-refractivity contribution in [1.29, 1.82) is 0 Å². The average molecular weight is 792 g/mol. The van der Waals surface area contributed by atoms with E-state index >= 15 is 0 Å². The number of hydrogen-bond acceptors (Lipinski definition) is 1. The molecule has 0 fully saturated rings. The summed E-state index contributed by atoms with van der Waals surface area (Å²) in [7, 11) is 0. The van der Waals surface area contributed by atoms with Gasteiger partial charge in [0.2, 0.25) is 0 Å². The van der Waals surface area contributed by atoms with Crippen molar-refractivity contribution in [3.8, 4) is 44.5 Å². The van der Waals surface area contributed by atoms with Gasteiger partial charge in [0, 0.05) is 27.9 Å². The lowest BCUT2D eigenvalue weighted by molar-refractivity contribution is 0.660. The summed E-state index contributed by atoms with van der Waals surface area (Å²) < 4.78 is 0. The van der Waals surface area contributed by atoms with Crippen molar-refractivity contribution >= 4 is 38.6 Å². The van der Waals surface area contributed by atoms with Crippen molar-refractivity contribution in [1.82, 2.24) is 0 Å². The third-order valence-electron chi connectivity index (χ3n) is 14.1. The molecule has 1 heteroatoms. The van der Waals surface area contributed by atoms with E-state index in [0.717, 1.165) is 17.1 Å². The molecule has 2 aliphatic carbocycles. The third kappa shape index (κ3) is 5.34. The average Bonchev–Trinajstić information content (AvgIpc) is 3.73. The molecule has 1 atom stereocenters. The number of anilines is 3. The van der Waals surface area contributed by atoms with Gasteiger partial charge in [-0.3, -0.25) is 0 Å². The molecule has 0 bridgehead atoms. The van der Waals surface area contributed by atoms with Gasteiger partial charge in [0.1, 0.15) is 0 Å². The lowest BCUT2D eigenvalue weighted by Crippen LogP contribution is -2.23. The number of rotatable bonds is 6. The fourth-order valence-corrected chi connectivity index (χ4v) is 11.0. The van der Waals surface area contributed by atoms with Gasteiger partial charge < -0.3 is 4.90 Å². The zero-order valence-electron chi connectivity index (χ0n) is 35.2. The lowest BCUT2D eigenvalue weighted by Gasteiger charge is -2.31. The van der Waals surface area contributed by atoms with Gasteiger partial charge in [0.15, 0.2) is 0 Å². The molecule has 294 valence electrons. The smallest absolute Gasteiger partial charge is 0.0465 e. The van der Waals surface area contributed by atoms with Crippen LogP contribution in [-0.2, 0) is 10.8 Å². The lowest BCUT2D eigenvalue weighted by atomic mass is 9.74. The van der Waals surface area contributed by atoms with Crippen molar-refractivity contribution in [3.63, 3.8) is 0 Å². The Balaban J connectivity index is 1.06. The molecule has 0 heterocycles. The molecule has 1 unspecified atom stereocenters. The monoisotopic (exact) mass is 791 g/mol. The maximum Gasteiger partial charge on any atom is 0.0465 e. The second kappa shape index (κ2) is 13.8. The van der Waals surface area contributed by atoms with E-state index in [1.165, 1.54) is 93.9 Å². The van der Waals surface area contributed by atoms with Crippen molar-refractivity contribution in [3.05, 3.63) is 246 Å². The van der Waals surface area contributed by atoms with Gasteiger partial charge >= 0.3 is 0 Å². The van der Waals surface area contributed by atoms with Gasteiger partial charge in [-0.1, -0.05) is 190 Å². The Kier molecular flexibility index (Phi) is 8.08. The fraction of sp³-hybridized carbons (Fsp3) is 0.0820. The summed E-state index contributed by atoms with van der Waals surface area (Å²) in [4.78, 5) is 2.48. The number of nitrogens with zero attached hydrogens (tertiary/aromatic N) is 1. The highest BCUT2D eigenvalue weighted by Crippen LogP contribution is 2.57. The van der Waals surface area contributed by atoms with Crippen LogP contribution in [0.4, 0.5) is 17.1 Å². The zero-order valence-corrected chi connectivity index (χ0v) is 35.2. The molecule has 12 rings (SSSR count). The maximum absolute atomic E-state index is 2.48. The predicted molar refractivity (Wildman–Crippen MR) is 262 cm³/mol. The Morgan fingerprint density at radius 1 is 0.323 bits per heavy atom. The van der Waals surface area contributed by atoms with E-state index in [1.807, 2.05) is 0 Å². The minimum absolute atomic E-state index is 0.131. The van der Waals surface area contributed by atoms with Crippen LogP contribution in [0, 0.1) is 0 Å². The van der Waals surface area contributed by atoms with E-state index in [9.17, 15) is 0 Å². The molecule has 1 nitrogen and oxygen atoms in total. The van der Waals surface area contributed by atoms with Crippen LogP contribution < -0.4 is 4.90 Å². The Bertz CT molecular complexity index is 3380. The first kappa shape index (κ1) is 36.4. The summed E-state index contributed by atoms with van der Waals surface area (Å²) in [6, 6.07) is 81.3. The minimum atomic E-state index is -0.374. The number of fused-ring (bicyclic) bond motifs is 9. The van der Waals surface area contributed by atoms with Crippen molar-refractivity contribution < 1.29 is 0 Å². The van der Waals surface area contributed by atoms with Gasteiger partial charge in [-0.25, -0.2) is 0 Å². The standard InChI is InChI=1S/C61H45N/c1-60(2)55-27-15-14-25-51(55)52-35-33-45(38-57(52)60)62(44-31-29-41(30-32-44)54-37-42-19-10-11-22-47(42)49-23-12-13-24-50(49)54)46-34-36-53-58(39-46)61(3,43-20-8-5-9-21-43)56-28-16-26-48(59(53)56)40-17-6-4-7-18-40/h4-39H,1-3H3. The van der Waals surface area contributed by atoms with Crippen molar-refractivity contribution in [2.75, 3.05) is 4.90 Å². The molecule has 0 saturated heterocycles. The third-order valence-corrected chi connectivity index (χ3v) is 14.1. The highest BCUT2D eigenvalue weighted by molar-refractivity contribution is 6.13. The van der Waals surface area contributed by atoms with E-state index in [-0.39, 0.29) is 10.8 Å². The Morgan fingerprint density at radius 3 is 1.65 bits per heavy atom. The Morgan fingerprint density at radius 2 is 0.871 bits per heavy atom. The van der Waals surface area contributed by atoms with E-state index in [0.29, 0.717) is 0 Å². The molecule has 10 aromatic carbocycles. The molecule has 2 aliphatic rings. The first-order valence-electron chi connectivity index (χ1n) is 21.8. The number of hydrogen-bond donors (Lipinski definition) is 0. The first-order chi connectivity index (χ1) is 30.4. The molecule has 10 aromatic rings. The molecule has 0 saturated carbocycles. The largest absolute Gasteiger partial charge is 0.310 e. The second-order valence-electron chi connectivity index (χ2n) is 17.8. The van der Waals surface area contributed by atoms with Gasteiger partial charge in [0.05, 0.1) is 0 Å². The van der Waals surface area contributed by atoms with Crippen molar-refractivity contribution in [2.45, 2.75) is 31.6 Å². The molecule has 0 aromatic heterocycles. The normalized spacial score (nSPS) is 15.5. The van der Waals surface area contributed by atoms with Gasteiger partial charge in [-0.15, -0.1) is 0 Å². The van der Waals surface area contributed by atoms with Gasteiger partial charge in [-0.2, -0.15) is 0 Å². The fourth-order valence-electron chi connectivity index (χ4n) is 11.0. The van der Waals surface area contributed by atoms with E-state index in [1.54, 1.807) is 0 Å². The Labute approximate surface area is 364 Å². The molecular formula is C61H45N. The summed E-state index contributed by atoms with van der Waals surface area (Å²) in [5.41, 5.74) is 19.8. The summed E-state index contributed by atoms with van der Waals surface area (Å²) in [6.45, 7) is 7.17. The minimum Gasteiger partial charge on any atom is -0.310 e. The second-order valence-corrected chi connectivity index (χ2v) is 17.8.